The number of amides is 8. The van der Waals surface area contributed by atoms with Crippen LogP contribution in [-0.2, 0) is 38.1 Å². The number of nitrogens with one attached hydrogen (secondary N) is 4. The molecule has 2 saturated heterocycles. The van der Waals surface area contributed by atoms with Crippen LogP contribution in [0.15, 0.2) is 130 Å². The molecule has 4 bridgehead atoms. The number of alkyl carbamates (subject to hydrolysis) is 2. The number of nitrogens with zero attached hydrogens (tertiary/aromatic N) is 8. The van der Waals surface area contributed by atoms with Crippen LogP contribution in [0.3, 0.4) is 0 Å². The molecule has 6 fully saturated rings. The Bertz CT molecular complexity index is 4400. The maximum atomic E-state index is 14.0. The largest absolute Gasteiger partial charge is 0.496 e. The van der Waals surface area contributed by atoms with Crippen molar-refractivity contribution in [2.45, 2.75) is 182 Å². The van der Waals surface area contributed by atoms with E-state index >= 15 is 0 Å². The number of hydrogen-bond acceptors (Lipinski definition) is 18. The number of carbonyl (C=O) groups excluding carboxylic acids is 8. The Morgan fingerprint density at radius 3 is 1.05 bits per heavy atom. The molecule has 12 atom stereocenters. The highest BCUT2D eigenvalue weighted by Gasteiger charge is 2.56. The van der Waals surface area contributed by atoms with Crippen molar-refractivity contribution in [3.8, 4) is 33.8 Å². The first-order valence-electron chi connectivity index (χ1n) is 41.1. The summed E-state index contributed by atoms with van der Waals surface area (Å²) in [4.78, 5) is 127. The standard InChI is InChI=1S/2C45H56N6O7/c2*1-25(2)41(48-44(54)57-6)43(53)50-18-8-9-37(50)35-20-33(24-46-35)29-16-17-34(38(22-29)56-5)28-12-10-27(11-13-28)32-21-36(47-23-32)39-30-14-15-31(19-30)40(39)42(52)51(26(3)4)49-45(55)58-7/h2*10-13,16-17,22-26,30-31,37,39-41H,8-9,14-15,18-21H2,1-7H3,(H,48,54)(H,49,55)/t30?,31?,37-,39?,40+,41-;30?,31?,37-,39?,40-,41-/m00/s1. The summed E-state index contributed by atoms with van der Waals surface area (Å²) in [5.41, 5.74) is 21.8. The van der Waals surface area contributed by atoms with E-state index in [9.17, 15) is 38.4 Å². The summed E-state index contributed by atoms with van der Waals surface area (Å²) in [6, 6.07) is 27.3. The lowest BCUT2D eigenvalue weighted by Gasteiger charge is -2.36. The van der Waals surface area contributed by atoms with Crippen LogP contribution >= 0.6 is 0 Å². The first kappa shape index (κ1) is 83.0. The second-order valence-electron chi connectivity index (χ2n) is 33.5. The summed E-state index contributed by atoms with van der Waals surface area (Å²) in [5, 5.41) is 8.32. The first-order valence-corrected chi connectivity index (χ1v) is 41.1. The molecule has 0 spiro atoms. The molecule has 4 aliphatic carbocycles. The number of allylic oxidation sites excluding steroid dienone is 4. The van der Waals surface area contributed by atoms with Crippen LogP contribution in [0.2, 0.25) is 0 Å². The summed E-state index contributed by atoms with van der Waals surface area (Å²) in [6.45, 7) is 16.5. The molecule has 0 radical (unpaired) electrons. The number of hydrogen-bond donors (Lipinski definition) is 4. The Hall–Kier alpha value is -10.9. The zero-order valence-electron chi connectivity index (χ0n) is 69.2. The smallest absolute Gasteiger partial charge is 0.425 e. The van der Waals surface area contributed by atoms with E-state index in [0.29, 0.717) is 50.6 Å². The van der Waals surface area contributed by atoms with Crippen molar-refractivity contribution < 1.29 is 66.8 Å². The van der Waals surface area contributed by atoms with Crippen molar-refractivity contribution >= 4 is 93.1 Å². The molecule has 26 heteroatoms. The third kappa shape index (κ3) is 17.3. The van der Waals surface area contributed by atoms with Gasteiger partial charge < -0.3 is 48.9 Å². The van der Waals surface area contributed by atoms with Crippen molar-refractivity contribution in [2.24, 2.45) is 79.1 Å². The second-order valence-corrected chi connectivity index (χ2v) is 33.5. The summed E-state index contributed by atoms with van der Waals surface area (Å²) in [5.74, 6) is 2.00. The highest BCUT2D eigenvalue weighted by atomic mass is 16.6. The summed E-state index contributed by atoms with van der Waals surface area (Å²) < 4.78 is 31.0. The molecule has 4 N–H and O–H groups in total. The highest BCUT2D eigenvalue weighted by molar-refractivity contribution is 6.07. The van der Waals surface area contributed by atoms with Crippen molar-refractivity contribution in [3.63, 3.8) is 0 Å². The average Bonchev–Trinajstić information content (AvgIpc) is 1.60. The fourth-order valence-electron chi connectivity index (χ4n) is 19.5. The lowest BCUT2D eigenvalue weighted by atomic mass is 9.74. The van der Waals surface area contributed by atoms with E-state index < -0.39 is 36.5 Å². The summed E-state index contributed by atoms with van der Waals surface area (Å²) in [7, 11) is 8.55. The molecule has 116 heavy (non-hydrogen) atoms. The van der Waals surface area contributed by atoms with Crippen LogP contribution in [0.1, 0.15) is 168 Å². The zero-order valence-corrected chi connectivity index (χ0v) is 69.2. The molecular weight excluding hydrogens is 1470 g/mol. The molecule has 0 aromatic heterocycles. The normalized spacial score (nSPS) is 23.9. The van der Waals surface area contributed by atoms with E-state index in [1.54, 1.807) is 14.2 Å². The highest BCUT2D eigenvalue weighted by Crippen LogP contribution is 2.57. The lowest BCUT2D eigenvalue weighted by molar-refractivity contribution is -0.143. The predicted molar refractivity (Wildman–Crippen MR) is 445 cm³/mol. The number of likely N-dealkylation sites (tertiary alicyclic amines) is 2. The van der Waals surface area contributed by atoms with E-state index in [-0.39, 0.29) is 95.1 Å². The van der Waals surface area contributed by atoms with Gasteiger partial charge >= 0.3 is 24.4 Å². The number of fused-ring (bicyclic) bond motifs is 4. The van der Waals surface area contributed by atoms with Gasteiger partial charge in [0, 0.05) is 121 Å². The minimum Gasteiger partial charge on any atom is -0.496 e. The fourth-order valence-corrected chi connectivity index (χ4v) is 19.5. The van der Waals surface area contributed by atoms with Gasteiger partial charge in [-0.1, -0.05) is 100 Å². The fraction of sp³-hybridized carbons (Fsp3) is 0.511. The maximum absolute atomic E-state index is 14.0. The van der Waals surface area contributed by atoms with E-state index in [1.165, 1.54) is 38.5 Å². The minimum atomic E-state index is -0.675. The van der Waals surface area contributed by atoms with Crippen molar-refractivity contribution in [2.75, 3.05) is 55.7 Å². The van der Waals surface area contributed by atoms with Crippen LogP contribution in [0.25, 0.3) is 44.5 Å². The quantitative estimate of drug-likeness (QED) is 0.0420. The Balaban J connectivity index is 0.000000202. The molecule has 6 heterocycles. The topological polar surface area (TPSA) is 302 Å². The summed E-state index contributed by atoms with van der Waals surface area (Å²) in [6.07, 6.45) is 17.4. The number of ether oxygens (including phenoxy) is 6. The third-order valence-corrected chi connectivity index (χ3v) is 25.4. The van der Waals surface area contributed by atoms with Crippen LogP contribution in [-0.4, -0.2) is 183 Å². The Labute approximate surface area is 680 Å². The van der Waals surface area contributed by atoms with Crippen LogP contribution in [0.4, 0.5) is 19.2 Å². The van der Waals surface area contributed by atoms with Gasteiger partial charge in [0.25, 0.3) is 0 Å². The number of rotatable bonds is 22. The number of aliphatic imine (C=N–C) groups is 4. The molecule has 4 saturated carbocycles. The monoisotopic (exact) mass is 1580 g/mol. The molecule has 6 unspecified atom stereocenters. The van der Waals surface area contributed by atoms with Gasteiger partial charge in [-0.3, -0.25) is 39.1 Å². The lowest BCUT2D eigenvalue weighted by Crippen LogP contribution is -2.54. The Kier molecular flexibility index (Phi) is 25.8. The van der Waals surface area contributed by atoms with Gasteiger partial charge in [0.1, 0.15) is 23.6 Å². The molecule has 14 rings (SSSR count). The first-order chi connectivity index (χ1) is 55.8. The van der Waals surface area contributed by atoms with Gasteiger partial charge in [-0.25, -0.2) is 40.0 Å². The Morgan fingerprint density at radius 2 is 0.716 bits per heavy atom. The third-order valence-electron chi connectivity index (χ3n) is 25.4. The van der Waals surface area contributed by atoms with E-state index in [4.69, 9.17) is 48.4 Å². The molecule has 26 nitrogen and oxygen atoms in total. The Morgan fingerprint density at radius 1 is 0.397 bits per heavy atom. The SMILES string of the molecule is COC(=O)N[C@H](C(=O)N1CCC[C@H]1C1=NC=C(c2ccc(-c3ccc(C4=CN=C(C5C6CCC(C6)[C@@H]5C(=O)N(NC(=O)OC)C(C)C)C4)cc3)c(OC)c2)C1)C(C)C.COC(=O)N[C@H](C(=O)N1CCC[C@H]1C1=NC=C(c2ccc(-c3ccc(C4=CN=C(C5C6CCC(C6)[C@H]5C(=O)N(NC(=O)OC)C(C)C)C4)cc3)c(OC)c2)C1)C(C)C. The van der Waals surface area contributed by atoms with Crippen LogP contribution in [0, 0.1) is 59.2 Å². The van der Waals surface area contributed by atoms with E-state index in [1.807, 2.05) is 102 Å². The number of benzene rings is 4. The summed E-state index contributed by atoms with van der Waals surface area (Å²) >= 11 is 0. The molecular formula is C90H112N12O14. The van der Waals surface area contributed by atoms with Gasteiger partial charge in [-0.05, 0) is 195 Å². The van der Waals surface area contributed by atoms with Gasteiger partial charge in [-0.15, -0.1) is 0 Å². The van der Waals surface area contributed by atoms with E-state index in [0.717, 1.165) is 165 Å². The van der Waals surface area contributed by atoms with Crippen molar-refractivity contribution in [1.82, 2.24) is 41.3 Å². The number of hydrazine groups is 2. The van der Waals surface area contributed by atoms with Crippen LogP contribution in [0.5, 0.6) is 11.5 Å². The molecule has 10 aliphatic rings. The van der Waals surface area contributed by atoms with Gasteiger partial charge in [-0.2, -0.15) is 0 Å². The predicted octanol–water partition coefficient (Wildman–Crippen LogP) is 14.6. The van der Waals surface area contributed by atoms with E-state index in [2.05, 4.69) is 94.3 Å². The van der Waals surface area contributed by atoms with Crippen molar-refractivity contribution in [1.29, 1.82) is 0 Å². The molecule has 8 amide bonds. The number of carbonyl (C=O) groups is 8. The molecule has 4 aromatic carbocycles. The molecule has 616 valence electrons. The zero-order chi connectivity index (χ0) is 82.5. The molecule has 6 aliphatic heterocycles. The van der Waals surface area contributed by atoms with Gasteiger partial charge in [0.15, 0.2) is 0 Å². The van der Waals surface area contributed by atoms with Gasteiger partial charge in [0.2, 0.25) is 23.6 Å². The van der Waals surface area contributed by atoms with Crippen LogP contribution < -0.4 is 31.0 Å². The maximum Gasteiger partial charge on any atom is 0.425 e. The number of methoxy groups -OCH3 is 6. The average molecular weight is 1590 g/mol. The minimum absolute atomic E-state index is 0.0476. The second kappa shape index (κ2) is 36.1. The van der Waals surface area contributed by atoms with Gasteiger partial charge in [0.05, 0.1) is 66.6 Å². The molecule has 4 aromatic rings. The van der Waals surface area contributed by atoms with Crippen molar-refractivity contribution in [3.05, 3.63) is 132 Å².